The highest BCUT2D eigenvalue weighted by Gasteiger charge is 2.34. The van der Waals surface area contributed by atoms with Gasteiger partial charge in [0.1, 0.15) is 23.5 Å². The van der Waals surface area contributed by atoms with Gasteiger partial charge in [-0.3, -0.25) is 19.3 Å². The molecule has 0 saturated heterocycles. The summed E-state index contributed by atoms with van der Waals surface area (Å²) in [5.74, 6) is -0.645. The predicted octanol–water partition coefficient (Wildman–Crippen LogP) is 2.93. The van der Waals surface area contributed by atoms with Gasteiger partial charge < -0.3 is 15.2 Å². The van der Waals surface area contributed by atoms with Crippen molar-refractivity contribution in [2.24, 2.45) is 0 Å². The van der Waals surface area contributed by atoms with Gasteiger partial charge in [0, 0.05) is 19.5 Å². The molecule has 1 atom stereocenters. The van der Waals surface area contributed by atoms with Crippen LogP contribution in [0.5, 0.6) is 5.75 Å². The molecule has 3 rings (SSSR count). The van der Waals surface area contributed by atoms with Crippen molar-refractivity contribution in [2.45, 2.75) is 18.9 Å². The molecule has 0 aliphatic carbocycles. The van der Waals surface area contributed by atoms with Crippen molar-refractivity contribution < 1.29 is 24.2 Å². The molecule has 3 amide bonds. The van der Waals surface area contributed by atoms with Crippen molar-refractivity contribution in [3.63, 3.8) is 0 Å². The number of ether oxygens (including phenoxy) is 1. The standard InChI is InChI=1S/C21H20Cl2N2O5/c22-16-7-3-8-17(19(16)23)30-12-13(26)11-24-18(27)9-4-10-25-20(28)14-5-1-2-6-15(14)21(25)29/h1-3,5-8,13,26H,4,9-12H2,(H,24,27). The topological polar surface area (TPSA) is 95.9 Å². The lowest BCUT2D eigenvalue weighted by Crippen LogP contribution is -2.36. The third-order valence-corrected chi connectivity index (χ3v) is 5.35. The normalized spacial score (nSPS) is 13.9. The number of aliphatic hydroxyl groups is 1. The Labute approximate surface area is 183 Å². The highest BCUT2D eigenvalue weighted by molar-refractivity contribution is 6.42. The molecule has 1 aliphatic rings. The van der Waals surface area contributed by atoms with Gasteiger partial charge in [-0.25, -0.2) is 0 Å². The second-order valence-corrected chi connectivity index (χ2v) is 7.52. The largest absolute Gasteiger partial charge is 0.489 e. The Morgan fingerprint density at radius 1 is 1.07 bits per heavy atom. The average molecular weight is 451 g/mol. The van der Waals surface area contributed by atoms with Crippen molar-refractivity contribution in [2.75, 3.05) is 19.7 Å². The first-order valence-electron chi connectivity index (χ1n) is 9.35. The molecule has 30 heavy (non-hydrogen) atoms. The van der Waals surface area contributed by atoms with Crippen molar-refractivity contribution in [3.8, 4) is 5.75 Å². The van der Waals surface area contributed by atoms with Gasteiger partial charge in [0.15, 0.2) is 0 Å². The van der Waals surface area contributed by atoms with E-state index in [1.807, 2.05) is 0 Å². The summed E-state index contributed by atoms with van der Waals surface area (Å²) in [4.78, 5) is 37.7. The van der Waals surface area contributed by atoms with Crippen LogP contribution in [-0.4, -0.2) is 53.5 Å². The molecule has 0 radical (unpaired) electrons. The number of halogens is 2. The Balaban J connectivity index is 1.37. The Morgan fingerprint density at radius 2 is 1.73 bits per heavy atom. The number of rotatable bonds is 9. The van der Waals surface area contributed by atoms with Crippen LogP contribution in [0, 0.1) is 0 Å². The second-order valence-electron chi connectivity index (χ2n) is 6.73. The van der Waals surface area contributed by atoms with Gasteiger partial charge in [0.25, 0.3) is 11.8 Å². The Hall–Kier alpha value is -2.61. The molecular weight excluding hydrogens is 431 g/mol. The molecule has 0 aromatic heterocycles. The molecule has 2 aromatic carbocycles. The van der Waals surface area contributed by atoms with E-state index in [1.165, 1.54) is 0 Å². The zero-order valence-corrected chi connectivity index (χ0v) is 17.4. The number of hydrogen-bond acceptors (Lipinski definition) is 5. The van der Waals surface area contributed by atoms with E-state index in [1.54, 1.807) is 42.5 Å². The zero-order chi connectivity index (χ0) is 21.7. The molecular formula is C21H20Cl2N2O5. The smallest absolute Gasteiger partial charge is 0.261 e. The van der Waals surface area contributed by atoms with Crippen LogP contribution in [0.2, 0.25) is 10.0 Å². The highest BCUT2D eigenvalue weighted by Crippen LogP contribution is 2.31. The molecule has 0 bridgehead atoms. The Bertz CT molecular complexity index is 931. The average Bonchev–Trinajstić information content (AvgIpc) is 2.98. The fourth-order valence-electron chi connectivity index (χ4n) is 3.00. The monoisotopic (exact) mass is 450 g/mol. The van der Waals surface area contributed by atoms with Gasteiger partial charge in [-0.15, -0.1) is 0 Å². The Morgan fingerprint density at radius 3 is 2.40 bits per heavy atom. The highest BCUT2D eigenvalue weighted by atomic mass is 35.5. The lowest BCUT2D eigenvalue weighted by molar-refractivity contribution is -0.121. The van der Waals surface area contributed by atoms with Crippen molar-refractivity contribution in [1.29, 1.82) is 0 Å². The molecule has 1 heterocycles. The second kappa shape index (κ2) is 9.93. The molecule has 2 N–H and O–H groups in total. The number of carbonyl (C=O) groups is 3. The molecule has 0 fully saturated rings. The molecule has 1 unspecified atom stereocenters. The van der Waals surface area contributed by atoms with Crippen LogP contribution >= 0.6 is 23.2 Å². The summed E-state index contributed by atoms with van der Waals surface area (Å²) in [7, 11) is 0. The minimum atomic E-state index is -0.944. The number of hydrogen-bond donors (Lipinski definition) is 2. The van der Waals surface area contributed by atoms with E-state index < -0.39 is 6.10 Å². The molecule has 1 aliphatic heterocycles. The minimum absolute atomic E-state index is 0.00989. The zero-order valence-electron chi connectivity index (χ0n) is 15.9. The van der Waals surface area contributed by atoms with Gasteiger partial charge in [-0.2, -0.15) is 0 Å². The van der Waals surface area contributed by atoms with Crippen LogP contribution in [0.15, 0.2) is 42.5 Å². The summed E-state index contributed by atoms with van der Waals surface area (Å²) in [6, 6.07) is 11.6. The molecule has 0 spiro atoms. The van der Waals surface area contributed by atoms with Gasteiger partial charge >= 0.3 is 0 Å². The maximum Gasteiger partial charge on any atom is 0.261 e. The van der Waals surface area contributed by atoms with Crippen molar-refractivity contribution >= 4 is 40.9 Å². The Kier molecular flexibility index (Phi) is 7.31. The predicted molar refractivity (Wildman–Crippen MR) is 112 cm³/mol. The van der Waals surface area contributed by atoms with E-state index in [-0.39, 0.29) is 48.9 Å². The lowest BCUT2D eigenvalue weighted by atomic mass is 10.1. The number of imide groups is 1. The number of amides is 3. The summed E-state index contributed by atoms with van der Waals surface area (Å²) in [6.07, 6.45) is -0.511. The van der Waals surface area contributed by atoms with E-state index in [4.69, 9.17) is 27.9 Å². The van der Waals surface area contributed by atoms with E-state index in [9.17, 15) is 19.5 Å². The van der Waals surface area contributed by atoms with Gasteiger partial charge in [-0.05, 0) is 30.7 Å². The fourth-order valence-corrected chi connectivity index (χ4v) is 3.35. The van der Waals surface area contributed by atoms with Crippen LogP contribution in [-0.2, 0) is 4.79 Å². The maximum absolute atomic E-state index is 12.3. The first-order valence-corrected chi connectivity index (χ1v) is 10.1. The van der Waals surface area contributed by atoms with Gasteiger partial charge in [0.2, 0.25) is 5.91 Å². The molecule has 7 nitrogen and oxygen atoms in total. The molecule has 0 saturated carbocycles. The number of benzene rings is 2. The third kappa shape index (κ3) is 5.11. The number of fused-ring (bicyclic) bond motifs is 1. The van der Waals surface area contributed by atoms with E-state index >= 15 is 0 Å². The molecule has 2 aromatic rings. The summed E-state index contributed by atoms with van der Waals surface area (Å²) in [6.45, 7) is 0.0676. The van der Waals surface area contributed by atoms with Crippen LogP contribution in [0.4, 0.5) is 0 Å². The maximum atomic E-state index is 12.3. The summed E-state index contributed by atoms with van der Waals surface area (Å²) in [5, 5.41) is 13.2. The first-order chi connectivity index (χ1) is 14.4. The van der Waals surface area contributed by atoms with E-state index in [2.05, 4.69) is 5.32 Å². The van der Waals surface area contributed by atoms with Crippen LogP contribution < -0.4 is 10.1 Å². The molecule has 9 heteroatoms. The van der Waals surface area contributed by atoms with Crippen molar-refractivity contribution in [1.82, 2.24) is 10.2 Å². The van der Waals surface area contributed by atoms with Gasteiger partial charge in [0.05, 0.1) is 16.1 Å². The lowest BCUT2D eigenvalue weighted by Gasteiger charge is -2.15. The van der Waals surface area contributed by atoms with Crippen LogP contribution in [0.1, 0.15) is 33.6 Å². The van der Waals surface area contributed by atoms with Crippen LogP contribution in [0.25, 0.3) is 0 Å². The third-order valence-electron chi connectivity index (χ3n) is 4.55. The first kappa shape index (κ1) is 22.1. The van der Waals surface area contributed by atoms with E-state index in [0.717, 1.165) is 4.90 Å². The van der Waals surface area contributed by atoms with Gasteiger partial charge in [-0.1, -0.05) is 41.4 Å². The van der Waals surface area contributed by atoms with Crippen LogP contribution in [0.3, 0.4) is 0 Å². The summed E-state index contributed by atoms with van der Waals surface area (Å²) >= 11 is 11.9. The summed E-state index contributed by atoms with van der Waals surface area (Å²) in [5.41, 5.74) is 0.768. The number of nitrogens with one attached hydrogen (secondary N) is 1. The quantitative estimate of drug-likeness (QED) is 0.572. The number of carbonyl (C=O) groups excluding carboxylic acids is 3. The molecule has 158 valence electrons. The number of nitrogens with zero attached hydrogens (tertiary/aromatic N) is 1. The number of aliphatic hydroxyl groups excluding tert-OH is 1. The SMILES string of the molecule is O=C(CCCN1C(=O)c2ccccc2C1=O)NCC(O)COc1cccc(Cl)c1Cl. The minimum Gasteiger partial charge on any atom is -0.489 e. The van der Waals surface area contributed by atoms with Crippen molar-refractivity contribution in [3.05, 3.63) is 63.6 Å². The summed E-state index contributed by atoms with van der Waals surface area (Å²) < 4.78 is 5.42. The fraction of sp³-hybridized carbons (Fsp3) is 0.286. The van der Waals surface area contributed by atoms with E-state index in [0.29, 0.717) is 28.3 Å².